The maximum atomic E-state index is 5.36. The zero-order chi connectivity index (χ0) is 15.4. The van der Waals surface area contributed by atoms with Gasteiger partial charge in [-0.25, -0.2) is 4.98 Å². The Morgan fingerprint density at radius 3 is 2.43 bits per heavy atom. The smallest absolute Gasteiger partial charge is 0.161 e. The van der Waals surface area contributed by atoms with Crippen molar-refractivity contribution < 1.29 is 9.47 Å². The highest BCUT2D eigenvalue weighted by Crippen LogP contribution is 2.30. The van der Waals surface area contributed by atoms with Gasteiger partial charge in [0.25, 0.3) is 0 Å². The van der Waals surface area contributed by atoms with Crippen LogP contribution in [0.4, 0.5) is 0 Å². The number of hydrogen-bond donors (Lipinski definition) is 1. The van der Waals surface area contributed by atoms with Crippen molar-refractivity contribution in [2.45, 2.75) is 33.4 Å². The number of ether oxygens (including phenoxy) is 2. The molecule has 0 fully saturated rings. The summed E-state index contributed by atoms with van der Waals surface area (Å²) < 4.78 is 10.7. The van der Waals surface area contributed by atoms with Crippen molar-refractivity contribution in [3.8, 4) is 11.5 Å². The Bertz CT molecular complexity index is 610. The Kier molecular flexibility index (Phi) is 5.20. The lowest BCUT2D eigenvalue weighted by atomic mass is 10.1. The summed E-state index contributed by atoms with van der Waals surface area (Å²) in [7, 11) is 3.31. The van der Waals surface area contributed by atoms with E-state index in [0.717, 1.165) is 28.7 Å². The predicted molar refractivity (Wildman–Crippen MR) is 86.4 cm³/mol. The van der Waals surface area contributed by atoms with Crippen LogP contribution in [-0.4, -0.2) is 19.2 Å². The van der Waals surface area contributed by atoms with Gasteiger partial charge in [-0.1, -0.05) is 0 Å². The maximum absolute atomic E-state index is 5.36. The van der Waals surface area contributed by atoms with E-state index in [4.69, 9.17) is 9.47 Å². The number of methoxy groups -OCH3 is 2. The number of rotatable bonds is 6. The van der Waals surface area contributed by atoms with Gasteiger partial charge in [0.2, 0.25) is 0 Å². The fourth-order valence-electron chi connectivity index (χ4n) is 2.16. The first-order chi connectivity index (χ1) is 10.0. The van der Waals surface area contributed by atoms with Gasteiger partial charge in [0.1, 0.15) is 0 Å². The van der Waals surface area contributed by atoms with Crippen molar-refractivity contribution in [2.24, 2.45) is 0 Å². The van der Waals surface area contributed by atoms with Crippen LogP contribution < -0.4 is 14.8 Å². The van der Waals surface area contributed by atoms with Gasteiger partial charge in [-0.05, 0) is 44.0 Å². The first-order valence-electron chi connectivity index (χ1n) is 6.92. The van der Waals surface area contributed by atoms with Crippen molar-refractivity contribution in [2.75, 3.05) is 14.2 Å². The third-order valence-electron chi connectivity index (χ3n) is 3.52. The number of benzene rings is 1. The molecule has 1 aromatic carbocycles. The van der Waals surface area contributed by atoms with Crippen molar-refractivity contribution in [3.63, 3.8) is 0 Å². The molecule has 1 N–H and O–H groups in total. The highest BCUT2D eigenvalue weighted by Gasteiger charge is 2.11. The molecular weight excluding hydrogens is 284 g/mol. The lowest BCUT2D eigenvalue weighted by molar-refractivity contribution is 0.354. The van der Waals surface area contributed by atoms with E-state index in [1.54, 1.807) is 25.6 Å². The standard InChI is InChI=1S/C16H22N2O2S/c1-10-6-15(19-4)16(20-5)7-13(10)8-17-11(2)14-9-21-12(3)18-14/h6-7,9,11,17H,8H2,1-5H3/t11-/m0/s1. The molecule has 2 rings (SSSR count). The molecule has 0 saturated carbocycles. The van der Waals surface area contributed by atoms with Crippen molar-refractivity contribution >= 4 is 11.3 Å². The molecule has 5 heteroatoms. The summed E-state index contributed by atoms with van der Waals surface area (Å²) in [6.45, 7) is 7.00. The van der Waals surface area contributed by atoms with Crippen molar-refractivity contribution in [1.82, 2.24) is 10.3 Å². The Balaban J connectivity index is 2.09. The molecule has 21 heavy (non-hydrogen) atoms. The van der Waals surface area contributed by atoms with Crippen molar-refractivity contribution in [1.29, 1.82) is 0 Å². The van der Waals surface area contributed by atoms with Gasteiger partial charge in [-0.2, -0.15) is 0 Å². The van der Waals surface area contributed by atoms with Gasteiger partial charge in [0.15, 0.2) is 11.5 Å². The van der Waals surface area contributed by atoms with E-state index in [1.165, 1.54) is 11.1 Å². The molecule has 114 valence electrons. The quantitative estimate of drug-likeness (QED) is 0.885. The largest absolute Gasteiger partial charge is 0.493 e. The van der Waals surface area contributed by atoms with Crippen LogP contribution in [0, 0.1) is 13.8 Å². The minimum absolute atomic E-state index is 0.224. The zero-order valence-electron chi connectivity index (χ0n) is 13.2. The lowest BCUT2D eigenvalue weighted by Gasteiger charge is -2.16. The zero-order valence-corrected chi connectivity index (χ0v) is 14.0. The molecule has 0 aliphatic rings. The highest BCUT2D eigenvalue weighted by atomic mass is 32.1. The molecule has 1 heterocycles. The average Bonchev–Trinajstić information content (AvgIpc) is 2.91. The molecule has 0 radical (unpaired) electrons. The summed E-state index contributed by atoms with van der Waals surface area (Å²) >= 11 is 1.68. The topological polar surface area (TPSA) is 43.4 Å². The van der Waals surface area contributed by atoms with Crippen LogP contribution in [0.1, 0.15) is 34.8 Å². The fraction of sp³-hybridized carbons (Fsp3) is 0.438. The van der Waals surface area contributed by atoms with Gasteiger partial charge < -0.3 is 14.8 Å². The predicted octanol–water partition coefficient (Wildman–Crippen LogP) is 3.63. The molecule has 0 spiro atoms. The van der Waals surface area contributed by atoms with Crippen LogP contribution >= 0.6 is 11.3 Å². The summed E-state index contributed by atoms with van der Waals surface area (Å²) in [4.78, 5) is 4.52. The average molecular weight is 306 g/mol. The van der Waals surface area contributed by atoms with Crippen LogP contribution in [0.25, 0.3) is 0 Å². The van der Waals surface area contributed by atoms with E-state index in [0.29, 0.717) is 0 Å². The minimum atomic E-state index is 0.224. The molecular formula is C16H22N2O2S. The van der Waals surface area contributed by atoms with E-state index in [2.05, 4.69) is 29.5 Å². The van der Waals surface area contributed by atoms with E-state index in [-0.39, 0.29) is 6.04 Å². The fourth-order valence-corrected chi connectivity index (χ4v) is 2.87. The van der Waals surface area contributed by atoms with Gasteiger partial charge in [-0.3, -0.25) is 0 Å². The highest BCUT2D eigenvalue weighted by molar-refractivity contribution is 7.09. The van der Waals surface area contributed by atoms with Crippen LogP contribution in [0.15, 0.2) is 17.5 Å². The number of nitrogens with zero attached hydrogens (tertiary/aromatic N) is 1. The van der Waals surface area contributed by atoms with E-state index < -0.39 is 0 Å². The molecule has 0 amide bonds. The van der Waals surface area contributed by atoms with Gasteiger partial charge in [-0.15, -0.1) is 11.3 Å². The van der Waals surface area contributed by atoms with Crippen LogP contribution in [-0.2, 0) is 6.54 Å². The van der Waals surface area contributed by atoms with Crippen molar-refractivity contribution in [3.05, 3.63) is 39.3 Å². The Morgan fingerprint density at radius 1 is 1.19 bits per heavy atom. The Morgan fingerprint density at radius 2 is 1.86 bits per heavy atom. The maximum Gasteiger partial charge on any atom is 0.161 e. The third kappa shape index (κ3) is 3.74. The lowest BCUT2D eigenvalue weighted by Crippen LogP contribution is -2.19. The van der Waals surface area contributed by atoms with Gasteiger partial charge in [0, 0.05) is 18.0 Å². The SMILES string of the molecule is COc1cc(C)c(CN[C@@H](C)c2csc(C)n2)cc1OC. The molecule has 0 saturated heterocycles. The third-order valence-corrected chi connectivity index (χ3v) is 4.31. The number of thiazole rings is 1. The van der Waals surface area contributed by atoms with Gasteiger partial charge >= 0.3 is 0 Å². The second kappa shape index (κ2) is 6.91. The second-order valence-electron chi connectivity index (χ2n) is 5.03. The normalized spacial score (nSPS) is 12.2. The first kappa shape index (κ1) is 15.8. The molecule has 4 nitrogen and oxygen atoms in total. The molecule has 2 aromatic rings. The molecule has 0 aliphatic carbocycles. The van der Waals surface area contributed by atoms with Crippen LogP contribution in [0.3, 0.4) is 0 Å². The number of aryl methyl sites for hydroxylation is 2. The van der Waals surface area contributed by atoms with Gasteiger partial charge in [0.05, 0.1) is 24.9 Å². The molecule has 1 aromatic heterocycles. The summed E-state index contributed by atoms with van der Waals surface area (Å²) in [5, 5.41) is 6.71. The van der Waals surface area contributed by atoms with E-state index >= 15 is 0 Å². The summed E-state index contributed by atoms with van der Waals surface area (Å²) in [6.07, 6.45) is 0. The Hall–Kier alpha value is -1.59. The Labute approximate surface area is 130 Å². The first-order valence-corrected chi connectivity index (χ1v) is 7.80. The van der Waals surface area contributed by atoms with Crippen LogP contribution in [0.5, 0.6) is 11.5 Å². The van der Waals surface area contributed by atoms with E-state index in [1.807, 2.05) is 19.1 Å². The van der Waals surface area contributed by atoms with E-state index in [9.17, 15) is 0 Å². The monoisotopic (exact) mass is 306 g/mol. The number of hydrogen-bond acceptors (Lipinski definition) is 5. The number of aromatic nitrogens is 1. The summed E-state index contributed by atoms with van der Waals surface area (Å²) in [5.74, 6) is 1.53. The molecule has 0 aliphatic heterocycles. The molecule has 1 atom stereocenters. The number of nitrogens with one attached hydrogen (secondary N) is 1. The van der Waals surface area contributed by atoms with Crippen LogP contribution in [0.2, 0.25) is 0 Å². The molecule has 0 bridgehead atoms. The summed E-state index contributed by atoms with van der Waals surface area (Å²) in [6, 6.07) is 4.26. The summed E-state index contributed by atoms with van der Waals surface area (Å²) in [5.41, 5.74) is 3.48. The minimum Gasteiger partial charge on any atom is -0.493 e. The molecule has 0 unspecified atom stereocenters. The second-order valence-corrected chi connectivity index (χ2v) is 6.09.